The summed E-state index contributed by atoms with van der Waals surface area (Å²) in [7, 11) is 3.81. The topological polar surface area (TPSA) is 39.9 Å². The largest absolute Gasteiger partial charge is 0.496 e. The van der Waals surface area contributed by atoms with Crippen LogP contribution in [0.15, 0.2) is 132 Å². The number of hydrogen-bond acceptors (Lipinski definition) is 3. The predicted molar refractivity (Wildman–Crippen MR) is 185 cm³/mol. The van der Waals surface area contributed by atoms with E-state index in [0.29, 0.717) is 0 Å². The van der Waals surface area contributed by atoms with Gasteiger partial charge < -0.3 is 9.30 Å². The lowest BCUT2D eigenvalue weighted by molar-refractivity contribution is 0.416. The molecular formula is C39H30BrN3O. The first-order valence-electron chi connectivity index (χ1n) is 14.5. The van der Waals surface area contributed by atoms with E-state index in [2.05, 4.69) is 138 Å². The maximum atomic E-state index is 5.71. The highest BCUT2D eigenvalue weighted by molar-refractivity contribution is 9.10. The summed E-state index contributed by atoms with van der Waals surface area (Å²) in [6, 6.07) is 44.0. The highest BCUT2D eigenvalue weighted by Gasteiger charge is 2.17. The van der Waals surface area contributed by atoms with E-state index in [0.717, 1.165) is 72.1 Å². The number of halogens is 1. The molecule has 0 N–H and O–H groups in total. The number of nitrogens with zero attached hydrogens (tertiary/aromatic N) is 3. The van der Waals surface area contributed by atoms with Crippen molar-refractivity contribution in [3.05, 3.63) is 138 Å². The second kappa shape index (κ2) is 11.6. The van der Waals surface area contributed by atoms with E-state index in [1.54, 1.807) is 7.11 Å². The highest BCUT2D eigenvalue weighted by atomic mass is 79.9. The van der Waals surface area contributed by atoms with E-state index in [4.69, 9.17) is 14.7 Å². The fourth-order valence-corrected chi connectivity index (χ4v) is 6.76. The molecule has 0 radical (unpaired) electrons. The summed E-state index contributed by atoms with van der Waals surface area (Å²) in [4.78, 5) is 10.1. The van der Waals surface area contributed by atoms with Gasteiger partial charge in [0, 0.05) is 45.9 Å². The van der Waals surface area contributed by atoms with Gasteiger partial charge in [0.2, 0.25) is 0 Å². The second-order valence-electron chi connectivity index (χ2n) is 10.9. The van der Waals surface area contributed by atoms with Crippen LogP contribution in [-0.4, -0.2) is 21.6 Å². The van der Waals surface area contributed by atoms with Gasteiger partial charge in [0.15, 0.2) is 0 Å². The molecule has 0 amide bonds. The van der Waals surface area contributed by atoms with E-state index in [-0.39, 0.29) is 0 Å². The number of hydrogen-bond donors (Lipinski definition) is 0. The van der Waals surface area contributed by atoms with Crippen LogP contribution in [0.3, 0.4) is 0 Å². The Hall–Kier alpha value is -5.00. The van der Waals surface area contributed by atoms with Crippen molar-refractivity contribution in [1.82, 2.24) is 14.5 Å². The van der Waals surface area contributed by atoms with Gasteiger partial charge in [-0.15, -0.1) is 0 Å². The van der Waals surface area contributed by atoms with Gasteiger partial charge in [-0.3, -0.25) is 4.98 Å². The molecule has 4 aromatic carbocycles. The van der Waals surface area contributed by atoms with Gasteiger partial charge in [0.05, 0.1) is 34.4 Å². The molecule has 0 bridgehead atoms. The number of methoxy groups -OCH3 is 1. The molecule has 5 heteroatoms. The summed E-state index contributed by atoms with van der Waals surface area (Å²) in [5, 5.41) is 1.19. The average Bonchev–Trinajstić information content (AvgIpc) is 3.33. The van der Waals surface area contributed by atoms with Crippen LogP contribution >= 0.6 is 15.9 Å². The summed E-state index contributed by atoms with van der Waals surface area (Å²) in [6.07, 6.45) is 0. The number of fused-ring (bicyclic) bond motifs is 1. The van der Waals surface area contributed by atoms with Crippen molar-refractivity contribution in [1.29, 1.82) is 0 Å². The Morgan fingerprint density at radius 3 is 2.00 bits per heavy atom. The van der Waals surface area contributed by atoms with Crippen molar-refractivity contribution in [2.75, 3.05) is 7.11 Å². The zero-order valence-corrected chi connectivity index (χ0v) is 26.3. The van der Waals surface area contributed by atoms with Crippen LogP contribution in [0.1, 0.15) is 5.69 Å². The standard InChI is InChI=1S/C39H30BrN3O/c1-25-20-30(39-38(40)32-17-7-9-18-36(32)43(39)2)24-33(41-25)27-14-11-15-28(21-27)34-22-29(26-12-5-4-6-13-26)23-35(42-34)31-16-8-10-19-37(31)44-3/h4-24H,1-3H3. The Morgan fingerprint density at radius 1 is 0.591 bits per heavy atom. The summed E-state index contributed by atoms with van der Waals surface area (Å²) < 4.78 is 9.04. The lowest BCUT2D eigenvalue weighted by atomic mass is 9.98. The van der Waals surface area contributed by atoms with Crippen molar-refractivity contribution in [2.24, 2.45) is 7.05 Å². The fourth-order valence-electron chi connectivity index (χ4n) is 5.93. The van der Waals surface area contributed by atoms with Crippen LogP contribution in [0.2, 0.25) is 0 Å². The molecule has 7 rings (SSSR count). The van der Waals surface area contributed by atoms with Crippen molar-refractivity contribution < 1.29 is 4.74 Å². The minimum Gasteiger partial charge on any atom is -0.496 e. The second-order valence-corrected chi connectivity index (χ2v) is 11.7. The molecule has 0 aliphatic rings. The number of benzene rings is 4. The molecule has 0 unspecified atom stereocenters. The Labute approximate surface area is 265 Å². The third kappa shape index (κ3) is 5.10. The van der Waals surface area contributed by atoms with Gasteiger partial charge in [0.25, 0.3) is 0 Å². The van der Waals surface area contributed by atoms with Crippen LogP contribution < -0.4 is 4.74 Å². The summed E-state index contributed by atoms with van der Waals surface area (Å²) >= 11 is 3.89. The number of rotatable bonds is 6. The number of para-hydroxylation sites is 2. The quantitative estimate of drug-likeness (QED) is 0.182. The van der Waals surface area contributed by atoms with Gasteiger partial charge in [-0.2, -0.15) is 0 Å². The van der Waals surface area contributed by atoms with E-state index in [1.165, 1.54) is 10.9 Å². The van der Waals surface area contributed by atoms with Gasteiger partial charge >= 0.3 is 0 Å². The Bertz CT molecular complexity index is 2110. The van der Waals surface area contributed by atoms with E-state index in [1.807, 2.05) is 24.3 Å². The Kier molecular flexibility index (Phi) is 7.32. The molecule has 0 aliphatic heterocycles. The molecule has 0 spiro atoms. The highest BCUT2D eigenvalue weighted by Crippen LogP contribution is 2.39. The van der Waals surface area contributed by atoms with Crippen molar-refractivity contribution in [3.63, 3.8) is 0 Å². The van der Waals surface area contributed by atoms with Crippen molar-refractivity contribution >= 4 is 26.8 Å². The zero-order valence-electron chi connectivity index (χ0n) is 24.8. The molecule has 0 aliphatic carbocycles. The predicted octanol–water partition coefficient (Wildman–Crippen LogP) is 10.4. The molecule has 0 saturated carbocycles. The van der Waals surface area contributed by atoms with E-state index in [9.17, 15) is 0 Å². The molecule has 3 aromatic heterocycles. The molecular weight excluding hydrogens is 606 g/mol. The minimum atomic E-state index is 0.792. The first-order chi connectivity index (χ1) is 21.5. The van der Waals surface area contributed by atoms with Crippen molar-refractivity contribution in [2.45, 2.75) is 6.92 Å². The molecule has 0 fully saturated rings. The summed E-state index contributed by atoms with van der Waals surface area (Å²) in [6.45, 7) is 2.05. The first kappa shape index (κ1) is 27.8. The number of aryl methyl sites for hydroxylation is 2. The molecule has 44 heavy (non-hydrogen) atoms. The first-order valence-corrected chi connectivity index (χ1v) is 15.3. The molecule has 0 atom stereocenters. The third-order valence-electron chi connectivity index (χ3n) is 8.04. The van der Waals surface area contributed by atoms with Gasteiger partial charge in [-0.05, 0) is 82.5 Å². The SMILES string of the molecule is COc1ccccc1-c1cc(-c2ccccc2)cc(-c2cccc(-c3cc(-c4c(Br)c5ccccc5n4C)cc(C)n3)c2)n1. The van der Waals surface area contributed by atoms with Gasteiger partial charge in [-0.1, -0.05) is 78.9 Å². The van der Waals surface area contributed by atoms with Crippen LogP contribution in [0.25, 0.3) is 67.1 Å². The molecule has 0 saturated heterocycles. The number of aromatic nitrogens is 3. The van der Waals surface area contributed by atoms with Crippen LogP contribution in [0, 0.1) is 6.92 Å². The molecule has 4 nitrogen and oxygen atoms in total. The van der Waals surface area contributed by atoms with Crippen LogP contribution in [0.5, 0.6) is 5.75 Å². The fraction of sp³-hybridized carbons (Fsp3) is 0.0769. The lowest BCUT2D eigenvalue weighted by Gasteiger charge is -2.13. The summed E-state index contributed by atoms with van der Waals surface area (Å²) in [5.41, 5.74) is 12.3. The van der Waals surface area contributed by atoms with Crippen molar-refractivity contribution in [3.8, 4) is 61.9 Å². The maximum Gasteiger partial charge on any atom is 0.128 e. The van der Waals surface area contributed by atoms with E-state index < -0.39 is 0 Å². The Balaban J connectivity index is 1.36. The molecule has 214 valence electrons. The van der Waals surface area contributed by atoms with Crippen LogP contribution in [0.4, 0.5) is 0 Å². The maximum absolute atomic E-state index is 5.71. The third-order valence-corrected chi connectivity index (χ3v) is 8.84. The normalized spacial score (nSPS) is 11.2. The van der Waals surface area contributed by atoms with Crippen LogP contribution in [-0.2, 0) is 7.05 Å². The summed E-state index contributed by atoms with van der Waals surface area (Å²) in [5.74, 6) is 0.792. The average molecular weight is 637 g/mol. The minimum absolute atomic E-state index is 0.792. The molecule has 3 heterocycles. The van der Waals surface area contributed by atoms with Gasteiger partial charge in [0.1, 0.15) is 5.75 Å². The number of ether oxygens (including phenoxy) is 1. The molecule has 7 aromatic rings. The van der Waals surface area contributed by atoms with E-state index >= 15 is 0 Å². The van der Waals surface area contributed by atoms with Gasteiger partial charge in [-0.25, -0.2) is 4.98 Å². The lowest BCUT2D eigenvalue weighted by Crippen LogP contribution is -1.96. The smallest absolute Gasteiger partial charge is 0.128 e. The Morgan fingerprint density at radius 2 is 1.23 bits per heavy atom. The zero-order chi connectivity index (χ0) is 30.2. The number of pyridine rings is 2. The monoisotopic (exact) mass is 635 g/mol.